The molecule has 1 amide bonds. The van der Waals surface area contributed by atoms with Gasteiger partial charge in [0.05, 0.1) is 0 Å². The van der Waals surface area contributed by atoms with Crippen molar-refractivity contribution in [1.82, 2.24) is 15.1 Å². The lowest BCUT2D eigenvalue weighted by atomic mass is 9.94. The third kappa shape index (κ3) is 4.29. The first-order valence-electron chi connectivity index (χ1n) is 9.29. The summed E-state index contributed by atoms with van der Waals surface area (Å²) < 4.78 is 5.52. The molecular weight excluding hydrogens is 304 g/mol. The summed E-state index contributed by atoms with van der Waals surface area (Å²) in [7, 11) is 1.84. The van der Waals surface area contributed by atoms with Crippen molar-refractivity contribution < 1.29 is 9.53 Å². The summed E-state index contributed by atoms with van der Waals surface area (Å²) in [6.45, 7) is 4.89. The van der Waals surface area contributed by atoms with Gasteiger partial charge in [0, 0.05) is 46.4 Å². The van der Waals surface area contributed by atoms with Gasteiger partial charge in [0.25, 0.3) is 5.91 Å². The monoisotopic (exact) mass is 334 g/mol. The number of allylic oxidation sites excluding steroid dienone is 2. The van der Waals surface area contributed by atoms with E-state index >= 15 is 0 Å². The van der Waals surface area contributed by atoms with Crippen LogP contribution in [0.3, 0.4) is 0 Å². The lowest BCUT2D eigenvalue weighted by Crippen LogP contribution is -2.55. The molecule has 2 fully saturated rings. The second kappa shape index (κ2) is 8.51. The molecule has 1 aliphatic carbocycles. The average molecular weight is 334 g/mol. The van der Waals surface area contributed by atoms with Gasteiger partial charge in [-0.15, -0.1) is 0 Å². The maximum absolute atomic E-state index is 12.4. The fourth-order valence-corrected chi connectivity index (χ4v) is 3.72. The van der Waals surface area contributed by atoms with E-state index in [1.54, 1.807) is 0 Å². The van der Waals surface area contributed by atoms with Crippen LogP contribution in [0.2, 0.25) is 0 Å². The summed E-state index contributed by atoms with van der Waals surface area (Å²) in [6, 6.07) is 0. The molecule has 0 aromatic rings. The molecule has 2 heterocycles. The number of carbonyl (C=O) groups is 1. The molecule has 24 heavy (non-hydrogen) atoms. The Morgan fingerprint density at radius 3 is 2.62 bits per heavy atom. The van der Waals surface area contributed by atoms with E-state index in [2.05, 4.69) is 27.4 Å². The van der Waals surface area contributed by atoms with Gasteiger partial charge in [-0.25, -0.2) is 0 Å². The SMILES string of the molecule is CN=C(NCC1CC=CCC1)N1CCN(C(=O)C2CCCO2)CC1. The number of hydrogen-bond donors (Lipinski definition) is 1. The van der Waals surface area contributed by atoms with E-state index in [9.17, 15) is 4.79 Å². The second-order valence-corrected chi connectivity index (χ2v) is 6.89. The zero-order chi connectivity index (χ0) is 16.8. The number of piperazine rings is 1. The predicted molar refractivity (Wildman–Crippen MR) is 95.0 cm³/mol. The number of carbonyl (C=O) groups excluding carboxylic acids is 1. The minimum absolute atomic E-state index is 0.170. The minimum Gasteiger partial charge on any atom is -0.368 e. The van der Waals surface area contributed by atoms with Crippen molar-refractivity contribution in [2.75, 3.05) is 46.4 Å². The maximum Gasteiger partial charge on any atom is 0.251 e. The Labute approximate surface area is 144 Å². The van der Waals surface area contributed by atoms with Crippen LogP contribution in [0.4, 0.5) is 0 Å². The maximum atomic E-state index is 12.4. The molecule has 2 unspecified atom stereocenters. The Morgan fingerprint density at radius 2 is 2.00 bits per heavy atom. The molecule has 0 saturated carbocycles. The molecule has 0 aromatic heterocycles. The highest BCUT2D eigenvalue weighted by Gasteiger charge is 2.30. The lowest BCUT2D eigenvalue weighted by Gasteiger charge is -2.37. The van der Waals surface area contributed by atoms with Gasteiger partial charge in [0.1, 0.15) is 6.10 Å². The average Bonchev–Trinajstić information content (AvgIpc) is 3.18. The van der Waals surface area contributed by atoms with Crippen LogP contribution < -0.4 is 5.32 Å². The Hall–Kier alpha value is -1.56. The molecule has 2 atom stereocenters. The molecule has 3 aliphatic rings. The van der Waals surface area contributed by atoms with Crippen molar-refractivity contribution in [3.05, 3.63) is 12.2 Å². The van der Waals surface area contributed by atoms with Crippen LogP contribution in [-0.4, -0.2) is 74.1 Å². The summed E-state index contributed by atoms with van der Waals surface area (Å²) >= 11 is 0. The fourth-order valence-electron chi connectivity index (χ4n) is 3.72. The van der Waals surface area contributed by atoms with Crippen LogP contribution in [0.25, 0.3) is 0 Å². The van der Waals surface area contributed by atoms with E-state index in [1.807, 2.05) is 11.9 Å². The first-order chi connectivity index (χ1) is 11.8. The quantitative estimate of drug-likeness (QED) is 0.479. The minimum atomic E-state index is -0.201. The molecule has 0 aromatic carbocycles. The van der Waals surface area contributed by atoms with Gasteiger partial charge >= 0.3 is 0 Å². The molecule has 2 saturated heterocycles. The Bertz CT molecular complexity index is 477. The van der Waals surface area contributed by atoms with Crippen molar-refractivity contribution in [2.24, 2.45) is 10.9 Å². The standard InChI is InChI=1S/C18H30N4O2/c1-19-18(20-14-15-6-3-2-4-7-15)22-11-9-21(10-12-22)17(23)16-8-5-13-24-16/h2-3,15-16H,4-14H2,1H3,(H,19,20). The zero-order valence-electron chi connectivity index (χ0n) is 14.7. The number of hydrogen-bond acceptors (Lipinski definition) is 3. The third-order valence-electron chi connectivity index (χ3n) is 5.23. The lowest BCUT2D eigenvalue weighted by molar-refractivity contribution is -0.142. The van der Waals surface area contributed by atoms with E-state index in [-0.39, 0.29) is 12.0 Å². The molecule has 6 heteroatoms. The predicted octanol–water partition coefficient (Wildman–Crippen LogP) is 1.24. The summed E-state index contributed by atoms with van der Waals surface area (Å²) in [4.78, 5) is 21.0. The first kappa shape index (κ1) is 17.3. The smallest absolute Gasteiger partial charge is 0.251 e. The van der Waals surface area contributed by atoms with Gasteiger partial charge in [0.15, 0.2) is 5.96 Å². The van der Waals surface area contributed by atoms with Gasteiger partial charge in [-0.2, -0.15) is 0 Å². The van der Waals surface area contributed by atoms with E-state index in [0.29, 0.717) is 5.92 Å². The topological polar surface area (TPSA) is 57.2 Å². The normalized spacial score (nSPS) is 28.3. The number of amides is 1. The van der Waals surface area contributed by atoms with Crippen molar-refractivity contribution in [1.29, 1.82) is 0 Å². The number of rotatable bonds is 3. The highest BCUT2D eigenvalue weighted by molar-refractivity contribution is 5.82. The third-order valence-corrected chi connectivity index (χ3v) is 5.23. The van der Waals surface area contributed by atoms with E-state index in [4.69, 9.17) is 4.74 Å². The Morgan fingerprint density at radius 1 is 1.21 bits per heavy atom. The zero-order valence-corrected chi connectivity index (χ0v) is 14.7. The van der Waals surface area contributed by atoms with Gasteiger partial charge in [0.2, 0.25) is 0 Å². The van der Waals surface area contributed by atoms with Gasteiger partial charge < -0.3 is 19.9 Å². The van der Waals surface area contributed by atoms with E-state index in [0.717, 1.165) is 64.6 Å². The van der Waals surface area contributed by atoms with Crippen LogP contribution in [-0.2, 0) is 9.53 Å². The Kier molecular flexibility index (Phi) is 6.12. The van der Waals surface area contributed by atoms with Crippen molar-refractivity contribution in [2.45, 2.75) is 38.2 Å². The first-order valence-corrected chi connectivity index (χ1v) is 9.29. The van der Waals surface area contributed by atoms with Crippen LogP contribution in [0.5, 0.6) is 0 Å². The number of nitrogens with zero attached hydrogens (tertiary/aromatic N) is 3. The van der Waals surface area contributed by atoms with E-state index in [1.165, 1.54) is 12.8 Å². The number of nitrogens with one attached hydrogen (secondary N) is 1. The highest BCUT2D eigenvalue weighted by atomic mass is 16.5. The van der Waals surface area contributed by atoms with E-state index < -0.39 is 0 Å². The van der Waals surface area contributed by atoms with Crippen LogP contribution in [0.1, 0.15) is 32.1 Å². The van der Waals surface area contributed by atoms with Gasteiger partial charge in [-0.05, 0) is 38.0 Å². The molecule has 6 nitrogen and oxygen atoms in total. The van der Waals surface area contributed by atoms with Crippen LogP contribution >= 0.6 is 0 Å². The highest BCUT2D eigenvalue weighted by Crippen LogP contribution is 2.18. The van der Waals surface area contributed by atoms with Crippen LogP contribution in [0, 0.1) is 5.92 Å². The Balaban J connectivity index is 1.43. The van der Waals surface area contributed by atoms with Crippen LogP contribution in [0.15, 0.2) is 17.1 Å². The number of aliphatic imine (C=N–C) groups is 1. The summed E-state index contributed by atoms with van der Waals surface area (Å²) in [6.07, 6.45) is 9.84. The molecule has 3 rings (SSSR count). The summed E-state index contributed by atoms with van der Waals surface area (Å²) in [5.74, 6) is 1.84. The summed E-state index contributed by atoms with van der Waals surface area (Å²) in [5.41, 5.74) is 0. The molecule has 0 spiro atoms. The molecule has 0 radical (unpaired) electrons. The second-order valence-electron chi connectivity index (χ2n) is 6.89. The molecule has 2 aliphatic heterocycles. The summed E-state index contributed by atoms with van der Waals surface area (Å²) in [5, 5.41) is 3.52. The molecule has 134 valence electrons. The largest absolute Gasteiger partial charge is 0.368 e. The molecular formula is C18H30N4O2. The molecule has 1 N–H and O–H groups in total. The van der Waals surface area contributed by atoms with Gasteiger partial charge in [-0.1, -0.05) is 12.2 Å². The number of ether oxygens (including phenoxy) is 1. The van der Waals surface area contributed by atoms with Gasteiger partial charge in [-0.3, -0.25) is 9.79 Å². The molecule has 0 bridgehead atoms. The fraction of sp³-hybridized carbons (Fsp3) is 0.778. The van der Waals surface area contributed by atoms with Crippen molar-refractivity contribution in [3.63, 3.8) is 0 Å². The van der Waals surface area contributed by atoms with Crippen molar-refractivity contribution in [3.8, 4) is 0 Å². The van der Waals surface area contributed by atoms with Crippen molar-refractivity contribution >= 4 is 11.9 Å². The number of guanidine groups is 1.